The van der Waals surface area contributed by atoms with Crippen molar-refractivity contribution in [1.82, 2.24) is 4.90 Å². The number of allylic oxidation sites excluding steroid dienone is 1. The van der Waals surface area contributed by atoms with Gasteiger partial charge in [0.05, 0.1) is 5.57 Å². The number of hydrogen-bond acceptors (Lipinski definition) is 4. The van der Waals surface area contributed by atoms with E-state index in [9.17, 15) is 19.5 Å². The Morgan fingerprint density at radius 1 is 1.30 bits per heavy atom. The van der Waals surface area contributed by atoms with Gasteiger partial charge in [0.2, 0.25) is 0 Å². The van der Waals surface area contributed by atoms with Crippen LogP contribution in [0.2, 0.25) is 0 Å². The predicted octanol–water partition coefficient (Wildman–Crippen LogP) is 1.57. The molecule has 20 heavy (non-hydrogen) atoms. The van der Waals surface area contributed by atoms with Gasteiger partial charge in [-0.05, 0) is 33.1 Å². The van der Waals surface area contributed by atoms with Gasteiger partial charge >= 0.3 is 5.97 Å². The van der Waals surface area contributed by atoms with E-state index in [0.29, 0.717) is 24.0 Å². The Kier molecular flexibility index (Phi) is 2.97. The number of fused-ring (bicyclic) bond motifs is 1. The molecule has 2 saturated heterocycles. The van der Waals surface area contributed by atoms with Crippen molar-refractivity contribution in [3.05, 3.63) is 11.1 Å². The molecule has 0 spiro atoms. The Morgan fingerprint density at radius 2 is 1.95 bits per heavy atom. The van der Waals surface area contributed by atoms with Crippen LogP contribution in [0.15, 0.2) is 11.1 Å². The van der Waals surface area contributed by atoms with E-state index in [-0.39, 0.29) is 17.1 Å². The van der Waals surface area contributed by atoms with Crippen LogP contribution in [0.5, 0.6) is 0 Å². The van der Waals surface area contributed by atoms with Crippen LogP contribution in [0.4, 0.5) is 0 Å². The van der Waals surface area contributed by atoms with E-state index in [1.165, 1.54) is 16.7 Å². The molecule has 3 fully saturated rings. The molecule has 1 saturated carbocycles. The fourth-order valence-corrected chi connectivity index (χ4v) is 4.95. The van der Waals surface area contributed by atoms with E-state index in [4.69, 9.17) is 0 Å². The molecule has 0 bridgehead atoms. The average molecular weight is 295 g/mol. The van der Waals surface area contributed by atoms with Crippen molar-refractivity contribution in [3.63, 3.8) is 0 Å². The number of nitrogens with zero attached hydrogens (tertiary/aromatic N) is 1. The molecule has 2 aliphatic heterocycles. The van der Waals surface area contributed by atoms with Crippen LogP contribution >= 0.6 is 11.8 Å². The van der Waals surface area contributed by atoms with Crippen LogP contribution in [-0.4, -0.2) is 43.8 Å². The standard InChI is InChI=1S/C14H17NO4S/c1-14(2)10(13(18)19)15-11(17)9(12(15)20-14)7-5-3-4-6-8(7)16/h10,12H,3-6H2,1-2H3,(H,18,19)/b9-7+/t10-,12+/m0/s1. The lowest BCUT2D eigenvalue weighted by molar-refractivity contribution is -0.152. The monoisotopic (exact) mass is 295 g/mol. The molecule has 0 unspecified atom stereocenters. The molecule has 0 aromatic carbocycles. The van der Waals surface area contributed by atoms with Gasteiger partial charge in [-0.15, -0.1) is 11.8 Å². The largest absolute Gasteiger partial charge is 0.480 e. The van der Waals surface area contributed by atoms with Gasteiger partial charge in [-0.1, -0.05) is 0 Å². The summed E-state index contributed by atoms with van der Waals surface area (Å²) in [6.07, 6.45) is 2.98. The molecule has 3 aliphatic rings. The highest BCUT2D eigenvalue weighted by molar-refractivity contribution is 8.01. The van der Waals surface area contributed by atoms with Gasteiger partial charge in [0.1, 0.15) is 11.4 Å². The zero-order chi connectivity index (χ0) is 14.7. The van der Waals surface area contributed by atoms with E-state index in [2.05, 4.69) is 0 Å². The summed E-state index contributed by atoms with van der Waals surface area (Å²) in [5.74, 6) is -1.17. The number of carbonyl (C=O) groups is 3. The summed E-state index contributed by atoms with van der Waals surface area (Å²) in [4.78, 5) is 37.2. The topological polar surface area (TPSA) is 74.7 Å². The van der Waals surface area contributed by atoms with Crippen LogP contribution in [0.3, 0.4) is 0 Å². The molecule has 2 atom stereocenters. The maximum absolute atomic E-state index is 12.3. The number of β-lactam (4-membered cyclic amide) rings is 1. The lowest BCUT2D eigenvalue weighted by atomic mass is 9.85. The summed E-state index contributed by atoms with van der Waals surface area (Å²) >= 11 is 1.48. The van der Waals surface area contributed by atoms with E-state index in [1.807, 2.05) is 13.8 Å². The highest BCUT2D eigenvalue weighted by Gasteiger charge is 2.62. The number of ketones is 1. The van der Waals surface area contributed by atoms with Crippen LogP contribution in [0.1, 0.15) is 39.5 Å². The molecule has 1 aliphatic carbocycles. The van der Waals surface area contributed by atoms with Crippen molar-refractivity contribution in [2.75, 3.05) is 0 Å². The summed E-state index contributed by atoms with van der Waals surface area (Å²) in [5.41, 5.74) is 1.22. The molecule has 2 heterocycles. The summed E-state index contributed by atoms with van der Waals surface area (Å²) in [5, 5.41) is 9.09. The van der Waals surface area contributed by atoms with Crippen LogP contribution in [0, 0.1) is 0 Å². The van der Waals surface area contributed by atoms with Crippen molar-refractivity contribution in [2.24, 2.45) is 0 Å². The summed E-state index contributed by atoms with van der Waals surface area (Å²) in [6, 6.07) is -0.812. The minimum atomic E-state index is -0.975. The number of amides is 1. The molecule has 0 radical (unpaired) electrons. The normalized spacial score (nSPS) is 35.8. The lowest BCUT2D eigenvalue weighted by Gasteiger charge is -2.40. The van der Waals surface area contributed by atoms with Crippen LogP contribution < -0.4 is 0 Å². The summed E-state index contributed by atoms with van der Waals surface area (Å²) in [7, 11) is 0. The molecule has 1 N–H and O–H groups in total. The first-order valence-electron chi connectivity index (χ1n) is 6.84. The Bertz CT molecular complexity index is 551. The van der Waals surface area contributed by atoms with Crippen molar-refractivity contribution in [1.29, 1.82) is 0 Å². The SMILES string of the molecule is CC1(C)S[C@@H]2/C(=C3\CCCCC3=O)C(=O)N2[C@H]1C(=O)O. The zero-order valence-corrected chi connectivity index (χ0v) is 12.3. The molecule has 108 valence electrons. The number of carbonyl (C=O) groups excluding carboxylic acids is 2. The number of hydrogen-bond donors (Lipinski definition) is 1. The molecule has 1 amide bonds. The third-order valence-electron chi connectivity index (χ3n) is 4.29. The second kappa shape index (κ2) is 4.35. The molecular weight excluding hydrogens is 278 g/mol. The Hall–Kier alpha value is -1.30. The summed E-state index contributed by atoms with van der Waals surface area (Å²) in [6.45, 7) is 3.68. The number of aliphatic carboxylic acids is 1. The minimum absolute atomic E-state index is 0.0661. The second-order valence-corrected chi connectivity index (χ2v) is 7.78. The quantitative estimate of drug-likeness (QED) is 0.587. The average Bonchev–Trinajstić information content (AvgIpc) is 2.61. The minimum Gasteiger partial charge on any atom is -0.480 e. The molecule has 3 rings (SSSR count). The van der Waals surface area contributed by atoms with Gasteiger partial charge in [0, 0.05) is 16.7 Å². The smallest absolute Gasteiger partial charge is 0.327 e. The fraction of sp³-hybridized carbons (Fsp3) is 0.643. The van der Waals surface area contributed by atoms with Gasteiger partial charge in [0.15, 0.2) is 5.78 Å². The lowest BCUT2D eigenvalue weighted by Crippen LogP contribution is -2.59. The van der Waals surface area contributed by atoms with E-state index >= 15 is 0 Å². The molecule has 6 heteroatoms. The second-order valence-electron chi connectivity index (χ2n) is 6.05. The Balaban J connectivity index is 1.98. The summed E-state index contributed by atoms with van der Waals surface area (Å²) < 4.78 is -0.536. The van der Waals surface area contributed by atoms with Gasteiger partial charge < -0.3 is 10.0 Å². The van der Waals surface area contributed by atoms with Crippen LogP contribution in [0.25, 0.3) is 0 Å². The van der Waals surface area contributed by atoms with E-state index in [1.54, 1.807) is 0 Å². The number of carboxylic acid groups (broad SMARTS) is 1. The maximum atomic E-state index is 12.3. The Morgan fingerprint density at radius 3 is 2.55 bits per heavy atom. The fourth-order valence-electron chi connectivity index (χ4n) is 3.34. The number of rotatable bonds is 1. The Labute approximate surface area is 121 Å². The van der Waals surface area contributed by atoms with Gasteiger partial charge in [-0.25, -0.2) is 4.79 Å². The first kappa shape index (κ1) is 13.7. The molecular formula is C14H17NO4S. The number of Topliss-reactive ketones (excluding diaryl/α,β-unsaturated/α-hetero) is 1. The third kappa shape index (κ3) is 1.74. The maximum Gasteiger partial charge on any atom is 0.327 e. The van der Waals surface area contributed by atoms with Crippen molar-refractivity contribution < 1.29 is 19.5 Å². The van der Waals surface area contributed by atoms with Crippen LogP contribution in [-0.2, 0) is 14.4 Å². The van der Waals surface area contributed by atoms with Crippen molar-refractivity contribution in [2.45, 2.75) is 55.7 Å². The molecule has 5 nitrogen and oxygen atoms in total. The predicted molar refractivity (Wildman–Crippen MR) is 74.2 cm³/mol. The van der Waals surface area contributed by atoms with Gasteiger partial charge in [0.25, 0.3) is 5.91 Å². The van der Waals surface area contributed by atoms with Gasteiger partial charge in [-0.2, -0.15) is 0 Å². The molecule has 0 aromatic heterocycles. The van der Waals surface area contributed by atoms with E-state index in [0.717, 1.165) is 12.8 Å². The van der Waals surface area contributed by atoms with Crippen molar-refractivity contribution >= 4 is 29.4 Å². The first-order valence-corrected chi connectivity index (χ1v) is 7.72. The highest BCUT2D eigenvalue weighted by atomic mass is 32.2. The third-order valence-corrected chi connectivity index (χ3v) is 5.81. The highest BCUT2D eigenvalue weighted by Crippen LogP contribution is 2.54. The van der Waals surface area contributed by atoms with Crippen molar-refractivity contribution in [3.8, 4) is 0 Å². The number of carboxylic acids is 1. The zero-order valence-electron chi connectivity index (χ0n) is 11.5. The molecule has 0 aromatic rings. The first-order chi connectivity index (χ1) is 9.34. The van der Waals surface area contributed by atoms with E-state index < -0.39 is 16.8 Å². The number of thioether (sulfide) groups is 1. The van der Waals surface area contributed by atoms with Gasteiger partial charge in [-0.3, -0.25) is 9.59 Å².